The highest BCUT2D eigenvalue weighted by atomic mass is 32.2. The maximum Gasteiger partial charge on any atom is 0.573 e. The second-order valence-electron chi connectivity index (χ2n) is 6.67. The number of carbonyl (C=O) groups is 1. The third-order valence-corrected chi connectivity index (χ3v) is 5.20. The minimum Gasteiger partial charge on any atom is -0.406 e. The number of hydrogen-bond donors (Lipinski definition) is 2. The van der Waals surface area contributed by atoms with Crippen molar-refractivity contribution in [1.82, 2.24) is 15.0 Å². The van der Waals surface area contributed by atoms with Crippen molar-refractivity contribution in [1.29, 1.82) is 0 Å². The number of halogens is 3. The van der Waals surface area contributed by atoms with Gasteiger partial charge in [-0.1, -0.05) is 11.8 Å². The molecule has 0 saturated carbocycles. The highest BCUT2D eigenvalue weighted by Crippen LogP contribution is 2.26. The molecule has 0 aliphatic carbocycles. The average Bonchev–Trinajstić information content (AvgIpc) is 2.81. The van der Waals surface area contributed by atoms with Crippen molar-refractivity contribution in [2.24, 2.45) is 0 Å². The number of anilines is 2. The van der Waals surface area contributed by atoms with Gasteiger partial charge >= 0.3 is 6.36 Å². The number of nitrogens with one attached hydrogen (secondary N) is 2. The zero-order valence-corrected chi connectivity index (χ0v) is 18.9. The van der Waals surface area contributed by atoms with Gasteiger partial charge in [0.1, 0.15) is 10.8 Å². The van der Waals surface area contributed by atoms with Crippen molar-refractivity contribution >= 4 is 29.3 Å². The molecule has 8 nitrogen and oxygen atoms in total. The van der Waals surface area contributed by atoms with Crippen LogP contribution in [0.1, 0.15) is 23.0 Å². The van der Waals surface area contributed by atoms with E-state index < -0.39 is 12.3 Å². The van der Waals surface area contributed by atoms with Gasteiger partial charge in [-0.3, -0.25) is 4.79 Å². The minimum atomic E-state index is -4.78. The highest BCUT2D eigenvalue weighted by Gasteiger charge is 2.31. The monoisotopic (exact) mass is 493 g/mol. The number of benzene rings is 1. The summed E-state index contributed by atoms with van der Waals surface area (Å²) in [5.74, 6) is 0.110. The quantitative estimate of drug-likeness (QED) is 0.291. The lowest BCUT2D eigenvalue weighted by atomic mass is 10.2. The zero-order valence-electron chi connectivity index (χ0n) is 18.1. The first kappa shape index (κ1) is 25.2. The maximum atomic E-state index is 12.8. The Balaban J connectivity index is 1.61. The van der Waals surface area contributed by atoms with Crippen LogP contribution in [-0.4, -0.2) is 47.0 Å². The predicted molar refractivity (Wildman–Crippen MR) is 122 cm³/mol. The van der Waals surface area contributed by atoms with Gasteiger partial charge in [0.15, 0.2) is 0 Å². The lowest BCUT2D eigenvalue weighted by Crippen LogP contribution is -2.17. The van der Waals surface area contributed by atoms with Crippen LogP contribution in [0, 0.1) is 0 Å². The van der Waals surface area contributed by atoms with Gasteiger partial charge in [0.05, 0.1) is 17.9 Å². The van der Waals surface area contributed by atoms with Crippen LogP contribution in [0.15, 0.2) is 59.9 Å². The third-order valence-electron chi connectivity index (χ3n) is 4.17. The Morgan fingerprint density at radius 1 is 1.09 bits per heavy atom. The van der Waals surface area contributed by atoms with E-state index in [-0.39, 0.29) is 5.75 Å². The van der Waals surface area contributed by atoms with Crippen LogP contribution in [0.3, 0.4) is 0 Å². The fourth-order valence-electron chi connectivity index (χ4n) is 2.70. The summed E-state index contributed by atoms with van der Waals surface area (Å²) in [7, 11) is 0. The fourth-order valence-corrected chi connectivity index (χ4v) is 3.60. The number of nitrogens with zero attached hydrogens (tertiary/aromatic N) is 3. The van der Waals surface area contributed by atoms with Gasteiger partial charge in [0, 0.05) is 37.0 Å². The van der Waals surface area contributed by atoms with Crippen molar-refractivity contribution in [2.45, 2.75) is 24.1 Å². The molecule has 2 heterocycles. The number of alkyl halides is 3. The van der Waals surface area contributed by atoms with Gasteiger partial charge in [-0.25, -0.2) is 15.0 Å². The first-order valence-corrected chi connectivity index (χ1v) is 11.2. The lowest BCUT2D eigenvalue weighted by Gasteiger charge is -2.11. The molecule has 0 unspecified atom stereocenters. The summed E-state index contributed by atoms with van der Waals surface area (Å²) in [6.45, 7) is 3.68. The summed E-state index contributed by atoms with van der Waals surface area (Å²) in [6, 6.07) is 9.91. The summed E-state index contributed by atoms with van der Waals surface area (Å²) < 4.78 is 46.0. The molecule has 0 spiro atoms. The van der Waals surface area contributed by atoms with E-state index in [1.807, 2.05) is 6.92 Å². The van der Waals surface area contributed by atoms with E-state index in [9.17, 15) is 18.0 Å². The van der Waals surface area contributed by atoms with Crippen molar-refractivity contribution < 1.29 is 27.4 Å². The van der Waals surface area contributed by atoms with Gasteiger partial charge in [0.25, 0.3) is 5.91 Å². The summed E-state index contributed by atoms with van der Waals surface area (Å²) in [5, 5.41) is 6.22. The molecule has 0 bridgehead atoms. The molecule has 0 fully saturated rings. The Morgan fingerprint density at radius 3 is 2.62 bits per heavy atom. The second-order valence-corrected chi connectivity index (χ2v) is 7.63. The van der Waals surface area contributed by atoms with E-state index in [0.29, 0.717) is 47.7 Å². The molecular formula is C22H22F3N5O3S. The van der Waals surface area contributed by atoms with Crippen molar-refractivity contribution in [3.8, 4) is 5.75 Å². The summed E-state index contributed by atoms with van der Waals surface area (Å²) in [4.78, 5) is 25.7. The van der Waals surface area contributed by atoms with Gasteiger partial charge in [0.2, 0.25) is 5.95 Å². The fraction of sp³-hybridized carbons (Fsp3) is 0.273. The van der Waals surface area contributed by atoms with Crippen LogP contribution in [-0.2, 0) is 10.5 Å². The van der Waals surface area contributed by atoms with Gasteiger partial charge in [-0.15, -0.1) is 13.2 Å². The largest absolute Gasteiger partial charge is 0.573 e. The Bertz CT molecular complexity index is 1080. The molecule has 0 atom stereocenters. The number of amides is 1. The van der Waals surface area contributed by atoms with Gasteiger partial charge in [-0.05, 0) is 49.4 Å². The smallest absolute Gasteiger partial charge is 0.406 e. The molecule has 2 N–H and O–H groups in total. The number of pyridine rings is 1. The van der Waals surface area contributed by atoms with Crippen molar-refractivity contribution in [2.75, 3.05) is 30.4 Å². The van der Waals surface area contributed by atoms with Crippen LogP contribution < -0.4 is 15.4 Å². The predicted octanol–water partition coefficient (Wildman–Crippen LogP) is 4.76. The number of thioether (sulfide) groups is 1. The normalized spacial score (nSPS) is 11.2. The maximum absolute atomic E-state index is 12.8. The van der Waals surface area contributed by atoms with Crippen LogP contribution in [0.4, 0.5) is 24.8 Å². The van der Waals surface area contributed by atoms with Crippen LogP contribution in [0.5, 0.6) is 5.75 Å². The van der Waals surface area contributed by atoms with E-state index in [4.69, 9.17) is 4.74 Å². The molecular weight excluding hydrogens is 471 g/mol. The minimum absolute atomic E-state index is 0.317. The second kappa shape index (κ2) is 12.2. The molecule has 0 saturated heterocycles. The first-order chi connectivity index (χ1) is 16.3. The average molecular weight is 494 g/mol. The Hall–Kier alpha value is -3.38. The molecule has 2 aromatic heterocycles. The van der Waals surface area contributed by atoms with Gasteiger partial charge < -0.3 is 20.1 Å². The van der Waals surface area contributed by atoms with Crippen molar-refractivity contribution in [3.63, 3.8) is 0 Å². The zero-order chi connectivity index (χ0) is 24.4. The molecule has 0 radical (unpaired) electrons. The number of rotatable bonds is 11. The molecule has 1 aromatic carbocycles. The standard InChI is InChI=1S/C22H22F3N5O3S/c1-2-32-13-12-28-21-27-11-9-16(30-21)14-34-20-18(4-3-10-26-20)19(31)29-15-5-7-17(8-6-15)33-22(23,24)25/h3-11H,2,12-14H2,1H3,(H,29,31)(H,27,28,30). The van der Waals surface area contributed by atoms with E-state index in [1.165, 1.54) is 23.9 Å². The molecule has 0 aliphatic rings. The number of ether oxygens (including phenoxy) is 2. The molecule has 3 rings (SSSR count). The molecule has 0 aliphatic heterocycles. The molecule has 180 valence electrons. The number of aromatic nitrogens is 3. The summed E-state index contributed by atoms with van der Waals surface area (Å²) in [5.41, 5.74) is 1.39. The summed E-state index contributed by atoms with van der Waals surface area (Å²) in [6.07, 6.45) is -1.57. The van der Waals surface area contributed by atoms with E-state index >= 15 is 0 Å². The van der Waals surface area contributed by atoms with Crippen LogP contribution in [0.2, 0.25) is 0 Å². The third kappa shape index (κ3) is 8.19. The molecule has 1 amide bonds. The van der Waals surface area contributed by atoms with E-state index in [0.717, 1.165) is 17.8 Å². The van der Waals surface area contributed by atoms with E-state index in [1.54, 1.807) is 30.6 Å². The topological polar surface area (TPSA) is 98.3 Å². The number of hydrogen-bond acceptors (Lipinski definition) is 8. The van der Waals surface area contributed by atoms with Crippen LogP contribution >= 0.6 is 11.8 Å². The van der Waals surface area contributed by atoms with Crippen LogP contribution in [0.25, 0.3) is 0 Å². The molecule has 34 heavy (non-hydrogen) atoms. The van der Waals surface area contributed by atoms with E-state index in [2.05, 4.69) is 30.3 Å². The Labute approximate surface area is 198 Å². The van der Waals surface area contributed by atoms with Gasteiger partial charge in [-0.2, -0.15) is 0 Å². The summed E-state index contributed by atoms with van der Waals surface area (Å²) >= 11 is 1.33. The number of carbonyl (C=O) groups excluding carboxylic acids is 1. The lowest BCUT2D eigenvalue weighted by molar-refractivity contribution is -0.274. The molecule has 3 aromatic rings. The first-order valence-electron chi connectivity index (χ1n) is 10.2. The highest BCUT2D eigenvalue weighted by molar-refractivity contribution is 7.98. The Morgan fingerprint density at radius 2 is 1.88 bits per heavy atom. The Kier molecular flexibility index (Phi) is 9.05. The molecule has 12 heteroatoms. The SMILES string of the molecule is CCOCCNc1nccc(CSc2ncccc2C(=O)Nc2ccc(OC(F)(F)F)cc2)n1. The van der Waals surface area contributed by atoms with Crippen molar-refractivity contribution in [3.05, 3.63) is 66.1 Å².